The molecule has 2 aromatic rings. The molecule has 0 N–H and O–H groups in total. The van der Waals surface area contributed by atoms with Gasteiger partial charge in [0.05, 0.1) is 5.60 Å². The first-order valence-electron chi connectivity index (χ1n) is 10.3. The topological polar surface area (TPSA) is 29.5 Å². The molecule has 3 nitrogen and oxygen atoms in total. The molecule has 4 rings (SSSR count). The van der Waals surface area contributed by atoms with Crippen molar-refractivity contribution in [2.75, 3.05) is 19.7 Å². The third kappa shape index (κ3) is 4.27. The Bertz CT molecular complexity index is 842. The lowest BCUT2D eigenvalue weighted by molar-refractivity contribution is -0.123. The van der Waals surface area contributed by atoms with E-state index in [4.69, 9.17) is 4.74 Å². The van der Waals surface area contributed by atoms with Crippen molar-refractivity contribution in [3.63, 3.8) is 0 Å². The number of likely N-dealkylation sites (tertiary alicyclic amines) is 1. The molecule has 1 atom stereocenters. The highest BCUT2D eigenvalue weighted by atomic mass is 19.1. The van der Waals surface area contributed by atoms with E-state index in [2.05, 4.69) is 0 Å². The molecule has 1 unspecified atom stereocenters. The molecular weight excluding hydrogens is 353 g/mol. The van der Waals surface area contributed by atoms with Crippen LogP contribution in [0.1, 0.15) is 47.2 Å². The third-order valence-electron chi connectivity index (χ3n) is 6.24. The van der Waals surface area contributed by atoms with E-state index in [9.17, 15) is 9.18 Å². The second kappa shape index (κ2) is 8.04. The van der Waals surface area contributed by atoms with Gasteiger partial charge in [0.15, 0.2) is 0 Å². The maximum absolute atomic E-state index is 13.5. The Morgan fingerprint density at radius 1 is 1.18 bits per heavy atom. The summed E-state index contributed by atoms with van der Waals surface area (Å²) < 4.78 is 19.7. The first-order valence-corrected chi connectivity index (χ1v) is 10.3. The second-order valence-corrected chi connectivity index (χ2v) is 8.39. The predicted molar refractivity (Wildman–Crippen MR) is 108 cm³/mol. The van der Waals surface area contributed by atoms with Gasteiger partial charge in [-0.05, 0) is 74.8 Å². The van der Waals surface area contributed by atoms with Crippen LogP contribution in [0, 0.1) is 18.7 Å². The fraction of sp³-hybridized carbons (Fsp3) is 0.458. The molecule has 1 spiro atoms. The molecule has 2 aliphatic rings. The Kier molecular flexibility index (Phi) is 5.49. The van der Waals surface area contributed by atoms with Crippen LogP contribution in [-0.2, 0) is 11.2 Å². The SMILES string of the molecule is Cc1cccc(C(=O)N2CCC3(CC2)CC(Cc2cccc(F)c2)CCO3)c1. The minimum atomic E-state index is -0.165. The van der Waals surface area contributed by atoms with Crippen molar-refractivity contribution < 1.29 is 13.9 Å². The van der Waals surface area contributed by atoms with Gasteiger partial charge in [0.25, 0.3) is 5.91 Å². The molecule has 2 aliphatic heterocycles. The molecule has 0 saturated carbocycles. The number of rotatable bonds is 3. The monoisotopic (exact) mass is 381 g/mol. The second-order valence-electron chi connectivity index (χ2n) is 8.39. The number of piperidine rings is 1. The zero-order valence-corrected chi connectivity index (χ0v) is 16.5. The number of carbonyl (C=O) groups excluding carboxylic acids is 1. The van der Waals surface area contributed by atoms with E-state index < -0.39 is 0 Å². The molecule has 2 heterocycles. The first-order chi connectivity index (χ1) is 13.5. The molecule has 28 heavy (non-hydrogen) atoms. The number of benzene rings is 2. The summed E-state index contributed by atoms with van der Waals surface area (Å²) >= 11 is 0. The number of halogens is 1. The first kappa shape index (κ1) is 19.1. The summed E-state index contributed by atoms with van der Waals surface area (Å²) in [4.78, 5) is 14.8. The normalized spacial score (nSPS) is 21.6. The van der Waals surface area contributed by atoms with Gasteiger partial charge in [-0.3, -0.25) is 4.79 Å². The summed E-state index contributed by atoms with van der Waals surface area (Å²) in [6, 6.07) is 14.7. The maximum atomic E-state index is 13.5. The molecule has 4 heteroatoms. The van der Waals surface area contributed by atoms with E-state index in [0.717, 1.165) is 68.5 Å². The van der Waals surface area contributed by atoms with Gasteiger partial charge in [-0.15, -0.1) is 0 Å². The van der Waals surface area contributed by atoms with Crippen LogP contribution >= 0.6 is 0 Å². The van der Waals surface area contributed by atoms with Crippen molar-refractivity contribution >= 4 is 5.91 Å². The molecule has 2 fully saturated rings. The molecule has 2 saturated heterocycles. The number of aryl methyl sites for hydroxylation is 1. The van der Waals surface area contributed by atoms with Gasteiger partial charge in [0.1, 0.15) is 5.82 Å². The quantitative estimate of drug-likeness (QED) is 0.766. The van der Waals surface area contributed by atoms with Crippen LogP contribution in [-0.4, -0.2) is 36.1 Å². The number of nitrogens with zero attached hydrogens (tertiary/aromatic N) is 1. The lowest BCUT2D eigenvalue weighted by Crippen LogP contribution is -2.51. The van der Waals surface area contributed by atoms with Gasteiger partial charge in [0.2, 0.25) is 0 Å². The largest absolute Gasteiger partial charge is 0.375 e. The summed E-state index contributed by atoms with van der Waals surface area (Å²) in [5.74, 6) is 0.461. The van der Waals surface area contributed by atoms with Crippen LogP contribution in [0.25, 0.3) is 0 Å². The van der Waals surface area contributed by atoms with Crippen LogP contribution in [0.2, 0.25) is 0 Å². The van der Waals surface area contributed by atoms with E-state index in [1.807, 2.05) is 42.2 Å². The van der Waals surface area contributed by atoms with Crippen molar-refractivity contribution in [1.29, 1.82) is 0 Å². The highest BCUT2D eigenvalue weighted by Gasteiger charge is 2.41. The standard InChI is InChI=1S/C24H28FNO2/c1-18-4-2-6-21(14-18)23(27)26-11-9-24(10-12-26)17-20(8-13-28-24)15-19-5-3-7-22(25)16-19/h2-7,14,16,20H,8-13,15,17H2,1H3. The highest BCUT2D eigenvalue weighted by Crippen LogP contribution is 2.39. The molecule has 0 radical (unpaired) electrons. The van der Waals surface area contributed by atoms with Crippen LogP contribution in [0.3, 0.4) is 0 Å². The average Bonchev–Trinajstić information content (AvgIpc) is 2.68. The van der Waals surface area contributed by atoms with Crippen molar-refractivity contribution in [2.24, 2.45) is 5.92 Å². The molecule has 1 amide bonds. The summed E-state index contributed by atoms with van der Waals surface area (Å²) in [6.07, 6.45) is 4.67. The average molecular weight is 381 g/mol. The Hall–Kier alpha value is -2.20. The zero-order valence-electron chi connectivity index (χ0n) is 16.5. The van der Waals surface area contributed by atoms with E-state index in [1.165, 1.54) is 6.07 Å². The molecule has 0 bridgehead atoms. The molecule has 0 aliphatic carbocycles. The minimum absolute atomic E-state index is 0.116. The Labute approximate surface area is 166 Å². The van der Waals surface area contributed by atoms with Gasteiger partial charge in [-0.2, -0.15) is 0 Å². The number of carbonyl (C=O) groups is 1. The van der Waals surface area contributed by atoms with E-state index in [1.54, 1.807) is 12.1 Å². The fourth-order valence-corrected chi connectivity index (χ4v) is 4.73. The minimum Gasteiger partial charge on any atom is -0.375 e. The third-order valence-corrected chi connectivity index (χ3v) is 6.24. The number of hydrogen-bond acceptors (Lipinski definition) is 2. The van der Waals surface area contributed by atoms with Gasteiger partial charge >= 0.3 is 0 Å². The molecule has 2 aromatic carbocycles. The fourth-order valence-electron chi connectivity index (χ4n) is 4.73. The van der Waals surface area contributed by atoms with Crippen molar-refractivity contribution in [2.45, 2.75) is 44.6 Å². The molecule has 0 aromatic heterocycles. The summed E-state index contributed by atoms with van der Waals surface area (Å²) in [6.45, 7) is 4.24. The summed E-state index contributed by atoms with van der Waals surface area (Å²) in [5, 5.41) is 0. The van der Waals surface area contributed by atoms with Crippen LogP contribution in [0.5, 0.6) is 0 Å². The Balaban J connectivity index is 1.37. The lowest BCUT2D eigenvalue weighted by Gasteiger charge is -2.46. The summed E-state index contributed by atoms with van der Waals surface area (Å²) in [5.41, 5.74) is 2.81. The van der Waals surface area contributed by atoms with E-state index in [0.29, 0.717) is 5.92 Å². The highest BCUT2D eigenvalue weighted by molar-refractivity contribution is 5.94. The van der Waals surface area contributed by atoms with Gasteiger partial charge in [-0.25, -0.2) is 4.39 Å². The Morgan fingerprint density at radius 2 is 1.96 bits per heavy atom. The van der Waals surface area contributed by atoms with E-state index in [-0.39, 0.29) is 17.3 Å². The maximum Gasteiger partial charge on any atom is 0.253 e. The number of amides is 1. The summed E-state index contributed by atoms with van der Waals surface area (Å²) in [7, 11) is 0. The zero-order chi connectivity index (χ0) is 19.6. The van der Waals surface area contributed by atoms with Crippen LogP contribution < -0.4 is 0 Å². The van der Waals surface area contributed by atoms with Gasteiger partial charge in [-0.1, -0.05) is 29.8 Å². The smallest absolute Gasteiger partial charge is 0.253 e. The van der Waals surface area contributed by atoms with Crippen LogP contribution in [0.4, 0.5) is 4.39 Å². The Morgan fingerprint density at radius 3 is 2.71 bits per heavy atom. The number of hydrogen-bond donors (Lipinski definition) is 0. The van der Waals surface area contributed by atoms with Crippen molar-refractivity contribution in [3.05, 3.63) is 71.0 Å². The lowest BCUT2D eigenvalue weighted by atomic mass is 9.77. The predicted octanol–water partition coefficient (Wildman–Crippen LogP) is 4.78. The van der Waals surface area contributed by atoms with Crippen LogP contribution in [0.15, 0.2) is 48.5 Å². The van der Waals surface area contributed by atoms with E-state index >= 15 is 0 Å². The van der Waals surface area contributed by atoms with Gasteiger partial charge < -0.3 is 9.64 Å². The van der Waals surface area contributed by atoms with Crippen molar-refractivity contribution in [1.82, 2.24) is 4.90 Å². The molecule has 148 valence electrons. The van der Waals surface area contributed by atoms with Crippen molar-refractivity contribution in [3.8, 4) is 0 Å². The molecular formula is C24H28FNO2. The van der Waals surface area contributed by atoms with Gasteiger partial charge in [0, 0.05) is 25.3 Å². The number of ether oxygens (including phenoxy) is 1.